The van der Waals surface area contributed by atoms with Crippen LogP contribution in [0.1, 0.15) is 70.6 Å². The maximum atomic E-state index is 13.7. The number of amides is 3. The van der Waals surface area contributed by atoms with Crippen LogP contribution >= 0.6 is 0 Å². The number of ether oxygens (including phenoxy) is 2. The second-order valence-electron chi connectivity index (χ2n) is 9.97. The number of ketones is 1. The number of carbonyl (C=O) groups excluding carboxylic acids is 4. The molecule has 2 atom stereocenters. The number of nitrogens with zero attached hydrogens (tertiary/aromatic N) is 3. The standard InChI is InChI=1S/C24H33N3O6/c1-32-15-33-24(11-4-5-12-24)21(29)23(31)27-17-9-6-10-18(27)22(30)26-14-20(28)25(13-19(17)26)16-7-2-3-8-16/h13,16-18H,2-12,14-15H2,1H3. The highest BCUT2D eigenvalue weighted by molar-refractivity contribution is 6.39. The zero-order valence-corrected chi connectivity index (χ0v) is 19.3. The van der Waals surface area contributed by atoms with Crippen LogP contribution in [0.25, 0.3) is 0 Å². The molecule has 0 aromatic heterocycles. The lowest BCUT2D eigenvalue weighted by Gasteiger charge is -2.52. The van der Waals surface area contributed by atoms with E-state index >= 15 is 0 Å². The van der Waals surface area contributed by atoms with E-state index in [2.05, 4.69) is 0 Å². The minimum absolute atomic E-state index is 0.0189. The quantitative estimate of drug-likeness (QED) is 0.443. The minimum Gasteiger partial charge on any atom is -0.359 e. The van der Waals surface area contributed by atoms with Gasteiger partial charge in [-0.15, -0.1) is 0 Å². The number of piperazine rings is 1. The lowest BCUT2D eigenvalue weighted by molar-refractivity contribution is -0.176. The molecule has 4 fully saturated rings. The van der Waals surface area contributed by atoms with Crippen LogP contribution in [0.3, 0.4) is 0 Å². The largest absolute Gasteiger partial charge is 0.359 e. The number of hydrogen-bond acceptors (Lipinski definition) is 6. The molecule has 2 saturated carbocycles. The fourth-order valence-electron chi connectivity index (χ4n) is 6.42. The summed E-state index contributed by atoms with van der Waals surface area (Å²) < 4.78 is 10.8. The van der Waals surface area contributed by atoms with E-state index in [4.69, 9.17) is 9.47 Å². The molecule has 5 aliphatic rings. The third kappa shape index (κ3) is 3.69. The maximum absolute atomic E-state index is 13.7. The first-order valence-corrected chi connectivity index (χ1v) is 12.3. The van der Waals surface area contributed by atoms with Gasteiger partial charge in [0, 0.05) is 19.4 Å². The van der Waals surface area contributed by atoms with Crippen LogP contribution in [0.4, 0.5) is 0 Å². The number of Topliss-reactive ketones (excluding diaryl/α,β-unsaturated/α-hetero) is 1. The monoisotopic (exact) mass is 459 g/mol. The SMILES string of the molecule is COCOC1(C(=O)C(=O)N2C3CCCC2C2=CN(C4CCCC4)C(=O)CN2C3=O)CCCC1. The number of rotatable bonds is 6. The predicted molar refractivity (Wildman–Crippen MR) is 116 cm³/mol. The van der Waals surface area contributed by atoms with E-state index in [1.807, 2.05) is 0 Å². The Labute approximate surface area is 194 Å². The van der Waals surface area contributed by atoms with Crippen LogP contribution < -0.4 is 0 Å². The summed E-state index contributed by atoms with van der Waals surface area (Å²) in [4.78, 5) is 58.3. The van der Waals surface area contributed by atoms with E-state index < -0.39 is 23.3 Å². The number of carbonyl (C=O) groups is 4. The van der Waals surface area contributed by atoms with Gasteiger partial charge in [0.2, 0.25) is 11.8 Å². The Morgan fingerprint density at radius 3 is 2.39 bits per heavy atom. The van der Waals surface area contributed by atoms with Gasteiger partial charge in [-0.1, -0.05) is 12.8 Å². The molecule has 2 bridgehead atoms. The van der Waals surface area contributed by atoms with Gasteiger partial charge in [-0.2, -0.15) is 0 Å². The Kier molecular flexibility index (Phi) is 6.03. The number of piperidine rings is 1. The van der Waals surface area contributed by atoms with Gasteiger partial charge in [0.15, 0.2) is 0 Å². The average Bonchev–Trinajstić information content (AvgIpc) is 3.53. The molecule has 0 N–H and O–H groups in total. The van der Waals surface area contributed by atoms with Gasteiger partial charge in [-0.05, 0) is 57.8 Å². The van der Waals surface area contributed by atoms with Gasteiger partial charge < -0.3 is 24.2 Å². The average molecular weight is 460 g/mol. The third-order valence-electron chi connectivity index (χ3n) is 8.11. The molecule has 3 heterocycles. The fraction of sp³-hybridized carbons (Fsp3) is 0.750. The second kappa shape index (κ2) is 8.83. The summed E-state index contributed by atoms with van der Waals surface area (Å²) in [6, 6.07) is -0.932. The first-order chi connectivity index (χ1) is 16.0. The Bertz CT molecular complexity index is 873. The first kappa shape index (κ1) is 22.5. The van der Waals surface area contributed by atoms with Crippen molar-refractivity contribution in [2.24, 2.45) is 0 Å². The Balaban J connectivity index is 1.46. The lowest BCUT2D eigenvalue weighted by Crippen LogP contribution is -2.68. The highest BCUT2D eigenvalue weighted by Crippen LogP contribution is 2.41. The van der Waals surface area contributed by atoms with Crippen molar-refractivity contribution in [3.63, 3.8) is 0 Å². The van der Waals surface area contributed by atoms with Crippen molar-refractivity contribution in [1.82, 2.24) is 14.7 Å². The van der Waals surface area contributed by atoms with Gasteiger partial charge in [0.1, 0.15) is 25.0 Å². The van der Waals surface area contributed by atoms with Crippen molar-refractivity contribution in [3.05, 3.63) is 11.9 Å². The number of hydrogen-bond donors (Lipinski definition) is 0. The van der Waals surface area contributed by atoms with Crippen molar-refractivity contribution in [2.45, 2.75) is 94.4 Å². The molecule has 9 heteroatoms. The first-order valence-electron chi connectivity index (χ1n) is 12.3. The molecule has 33 heavy (non-hydrogen) atoms. The van der Waals surface area contributed by atoms with Crippen LogP contribution in [-0.4, -0.2) is 82.4 Å². The van der Waals surface area contributed by atoms with Crippen LogP contribution in [0.2, 0.25) is 0 Å². The molecule has 0 aromatic carbocycles. The van der Waals surface area contributed by atoms with Crippen LogP contribution in [0.15, 0.2) is 11.9 Å². The van der Waals surface area contributed by atoms with E-state index in [9.17, 15) is 19.2 Å². The molecule has 0 spiro atoms. The predicted octanol–water partition coefficient (Wildman–Crippen LogP) is 1.71. The summed E-state index contributed by atoms with van der Waals surface area (Å²) >= 11 is 0. The molecule has 2 aliphatic carbocycles. The Morgan fingerprint density at radius 1 is 1.00 bits per heavy atom. The summed E-state index contributed by atoms with van der Waals surface area (Å²) in [6.07, 6.45) is 10.5. The smallest absolute Gasteiger partial charge is 0.294 e. The van der Waals surface area contributed by atoms with E-state index in [0.717, 1.165) is 44.9 Å². The third-order valence-corrected chi connectivity index (χ3v) is 8.11. The normalized spacial score (nSPS) is 29.4. The van der Waals surface area contributed by atoms with Gasteiger partial charge >= 0.3 is 0 Å². The molecular weight excluding hydrogens is 426 g/mol. The fourth-order valence-corrected chi connectivity index (χ4v) is 6.42. The molecule has 3 amide bonds. The van der Waals surface area contributed by atoms with Crippen molar-refractivity contribution in [1.29, 1.82) is 0 Å². The molecule has 2 unspecified atom stereocenters. The number of fused-ring (bicyclic) bond motifs is 4. The van der Waals surface area contributed by atoms with Crippen molar-refractivity contribution in [2.75, 3.05) is 20.4 Å². The molecule has 0 aromatic rings. The summed E-state index contributed by atoms with van der Waals surface area (Å²) in [5.41, 5.74) is -0.490. The molecule has 0 radical (unpaired) electrons. The zero-order valence-electron chi connectivity index (χ0n) is 19.3. The van der Waals surface area contributed by atoms with Gasteiger partial charge in [-0.3, -0.25) is 19.2 Å². The summed E-state index contributed by atoms with van der Waals surface area (Å²) in [7, 11) is 1.49. The van der Waals surface area contributed by atoms with Gasteiger partial charge in [0.25, 0.3) is 11.7 Å². The molecule has 2 saturated heterocycles. The van der Waals surface area contributed by atoms with E-state index in [1.165, 1.54) is 12.0 Å². The summed E-state index contributed by atoms with van der Waals surface area (Å²) in [5, 5.41) is 0. The van der Waals surface area contributed by atoms with Crippen molar-refractivity contribution < 1.29 is 28.7 Å². The molecule has 9 nitrogen and oxygen atoms in total. The second-order valence-corrected chi connectivity index (χ2v) is 9.97. The molecule has 3 aliphatic heterocycles. The Morgan fingerprint density at radius 2 is 1.70 bits per heavy atom. The summed E-state index contributed by atoms with van der Waals surface area (Å²) in [5.74, 6) is -1.53. The van der Waals surface area contributed by atoms with Crippen LogP contribution in [0, 0.1) is 0 Å². The van der Waals surface area contributed by atoms with Crippen LogP contribution in [-0.2, 0) is 28.7 Å². The lowest BCUT2D eigenvalue weighted by atomic mass is 9.85. The maximum Gasteiger partial charge on any atom is 0.294 e. The number of methoxy groups -OCH3 is 1. The topological polar surface area (TPSA) is 96.5 Å². The summed E-state index contributed by atoms with van der Waals surface area (Å²) in [6.45, 7) is -0.0345. The minimum atomic E-state index is -1.17. The highest BCUT2D eigenvalue weighted by Gasteiger charge is 2.55. The van der Waals surface area contributed by atoms with Crippen LogP contribution in [0.5, 0.6) is 0 Å². The highest BCUT2D eigenvalue weighted by atomic mass is 16.7. The molecule has 5 rings (SSSR count). The molecular formula is C24H33N3O6. The zero-order chi connectivity index (χ0) is 23.2. The van der Waals surface area contributed by atoms with E-state index in [-0.39, 0.29) is 37.2 Å². The van der Waals surface area contributed by atoms with Gasteiger partial charge in [-0.25, -0.2) is 0 Å². The van der Waals surface area contributed by atoms with Crippen molar-refractivity contribution >= 4 is 23.5 Å². The van der Waals surface area contributed by atoms with E-state index in [0.29, 0.717) is 31.4 Å². The molecule has 180 valence electrons. The van der Waals surface area contributed by atoms with E-state index in [1.54, 1.807) is 16.0 Å². The Hall–Kier alpha value is -2.26. The van der Waals surface area contributed by atoms with Crippen molar-refractivity contribution in [3.8, 4) is 0 Å². The van der Waals surface area contributed by atoms with Gasteiger partial charge in [0.05, 0.1) is 11.7 Å².